The molecular weight excluding hydrogens is 401 g/mol. The molecule has 0 aliphatic carbocycles. The molecule has 7 nitrogen and oxygen atoms in total. The first-order chi connectivity index (χ1) is 13.3. The van der Waals surface area contributed by atoms with E-state index in [1.54, 1.807) is 24.3 Å². The summed E-state index contributed by atoms with van der Waals surface area (Å²) in [6, 6.07) is 9.50. The van der Waals surface area contributed by atoms with Crippen molar-refractivity contribution in [3.05, 3.63) is 57.6 Å². The minimum absolute atomic E-state index is 0.0129. The molecule has 9 heteroatoms. The number of rotatable bonds is 6. The van der Waals surface area contributed by atoms with E-state index in [2.05, 4.69) is 21.1 Å². The predicted molar refractivity (Wildman–Crippen MR) is 114 cm³/mol. The largest absolute Gasteiger partial charge is 0.507 e. The van der Waals surface area contributed by atoms with Crippen molar-refractivity contribution in [3.8, 4) is 11.5 Å². The number of benzene rings is 2. The van der Waals surface area contributed by atoms with Crippen LogP contribution in [0.2, 0.25) is 10.0 Å². The molecule has 0 heterocycles. The van der Waals surface area contributed by atoms with Crippen LogP contribution in [0.5, 0.6) is 11.5 Å². The van der Waals surface area contributed by atoms with Gasteiger partial charge >= 0.3 is 0 Å². The summed E-state index contributed by atoms with van der Waals surface area (Å²) in [7, 11) is 0. The molecule has 0 fully saturated rings. The van der Waals surface area contributed by atoms with E-state index in [4.69, 9.17) is 28.6 Å². The maximum atomic E-state index is 10.0. The number of aromatic hydroxyl groups is 2. The van der Waals surface area contributed by atoms with E-state index in [0.717, 1.165) is 0 Å². The minimum atomic E-state index is -0.168. The molecule has 0 aromatic heterocycles. The van der Waals surface area contributed by atoms with Gasteiger partial charge in [0.1, 0.15) is 11.5 Å². The number of hydrogen-bond acceptors (Lipinski definition) is 5. The normalized spacial score (nSPS) is 12.0. The zero-order chi connectivity index (χ0) is 20.7. The summed E-state index contributed by atoms with van der Waals surface area (Å²) in [5, 5.41) is 37.1. The summed E-state index contributed by atoms with van der Waals surface area (Å²) in [6.07, 6.45) is 1.05. The number of halogens is 2. The third-order valence-corrected chi connectivity index (χ3v) is 4.29. The van der Waals surface area contributed by atoms with Crippen LogP contribution in [-0.4, -0.2) is 27.6 Å². The van der Waals surface area contributed by atoms with Gasteiger partial charge in [-0.25, -0.2) is 10.9 Å². The highest BCUT2D eigenvalue weighted by Gasteiger charge is 2.10. The molecule has 0 atom stereocenters. The molecule has 0 saturated carbocycles. The van der Waals surface area contributed by atoms with E-state index >= 15 is 0 Å². The van der Waals surface area contributed by atoms with Crippen molar-refractivity contribution in [3.63, 3.8) is 0 Å². The Bertz CT molecular complexity index is 855. The SMILES string of the molecule is CC/C(=N\NC(=N)N/N=C(\CC)c1ccc(Cl)cc1O)c1ccc(Cl)cc1O. The van der Waals surface area contributed by atoms with Crippen LogP contribution in [-0.2, 0) is 0 Å². The lowest BCUT2D eigenvalue weighted by Crippen LogP contribution is -2.31. The smallest absolute Gasteiger partial charge is 0.230 e. The fraction of sp³-hybridized carbons (Fsp3) is 0.211. The summed E-state index contributed by atoms with van der Waals surface area (Å²) in [4.78, 5) is 0. The predicted octanol–water partition coefficient (Wildman–Crippen LogP) is 4.45. The molecular formula is C19H21Cl2N5O2. The second-order valence-electron chi connectivity index (χ2n) is 5.75. The summed E-state index contributed by atoms with van der Waals surface area (Å²) >= 11 is 11.7. The maximum Gasteiger partial charge on any atom is 0.230 e. The highest BCUT2D eigenvalue weighted by atomic mass is 35.5. The second kappa shape index (κ2) is 9.96. The van der Waals surface area contributed by atoms with Crippen molar-refractivity contribution in [1.29, 1.82) is 5.41 Å². The molecule has 0 aliphatic heterocycles. The van der Waals surface area contributed by atoms with Crippen molar-refractivity contribution >= 4 is 40.6 Å². The molecule has 0 aliphatic rings. The molecule has 0 amide bonds. The van der Waals surface area contributed by atoms with Gasteiger partial charge in [-0.3, -0.25) is 5.41 Å². The molecule has 5 N–H and O–H groups in total. The van der Waals surface area contributed by atoms with Gasteiger partial charge in [-0.2, -0.15) is 10.2 Å². The Kier molecular flexibility index (Phi) is 7.66. The van der Waals surface area contributed by atoms with E-state index < -0.39 is 0 Å². The fourth-order valence-corrected chi connectivity index (χ4v) is 2.76. The number of nitrogens with zero attached hydrogens (tertiary/aromatic N) is 2. The summed E-state index contributed by atoms with van der Waals surface area (Å²) in [6.45, 7) is 3.75. The Hall–Kier alpha value is -2.77. The van der Waals surface area contributed by atoms with Crippen LogP contribution in [0.15, 0.2) is 46.6 Å². The van der Waals surface area contributed by atoms with Crippen molar-refractivity contribution < 1.29 is 10.2 Å². The lowest BCUT2D eigenvalue weighted by atomic mass is 10.1. The number of phenols is 2. The van der Waals surface area contributed by atoms with Crippen LogP contribution in [0.3, 0.4) is 0 Å². The van der Waals surface area contributed by atoms with Crippen molar-refractivity contribution in [2.45, 2.75) is 26.7 Å². The summed E-state index contributed by atoms with van der Waals surface area (Å²) in [5.74, 6) is -0.142. The zero-order valence-electron chi connectivity index (χ0n) is 15.4. The molecule has 2 aromatic rings. The van der Waals surface area contributed by atoms with E-state index in [9.17, 15) is 10.2 Å². The minimum Gasteiger partial charge on any atom is -0.507 e. The first-order valence-corrected chi connectivity index (χ1v) is 9.32. The molecule has 0 spiro atoms. The van der Waals surface area contributed by atoms with Gasteiger partial charge in [0.25, 0.3) is 0 Å². The standard InChI is InChI=1S/C19H21Cl2N5O2/c1-3-15(13-7-5-11(20)9-17(13)27)23-25-19(22)26-24-16(4-2)14-8-6-12(21)10-18(14)28/h5-10,27-28H,3-4H2,1-2H3,(H3,22,25,26)/b23-15+,24-16+. The molecule has 0 bridgehead atoms. The number of hydrogen-bond donors (Lipinski definition) is 5. The van der Waals surface area contributed by atoms with Gasteiger partial charge < -0.3 is 10.2 Å². The van der Waals surface area contributed by atoms with Gasteiger partial charge in [-0.05, 0) is 49.2 Å². The lowest BCUT2D eigenvalue weighted by molar-refractivity contribution is 0.473. The molecule has 0 saturated heterocycles. The monoisotopic (exact) mass is 421 g/mol. The van der Waals surface area contributed by atoms with Crippen molar-refractivity contribution in [1.82, 2.24) is 10.9 Å². The van der Waals surface area contributed by atoms with Gasteiger partial charge in [-0.15, -0.1) is 0 Å². The van der Waals surface area contributed by atoms with Crippen molar-refractivity contribution in [2.24, 2.45) is 10.2 Å². The molecule has 0 radical (unpaired) electrons. The lowest BCUT2D eigenvalue weighted by Gasteiger charge is -2.10. The van der Waals surface area contributed by atoms with E-state index in [1.165, 1.54) is 12.1 Å². The van der Waals surface area contributed by atoms with Crippen LogP contribution >= 0.6 is 23.2 Å². The molecule has 28 heavy (non-hydrogen) atoms. The highest BCUT2D eigenvalue weighted by Crippen LogP contribution is 2.24. The molecule has 2 rings (SSSR count). The third kappa shape index (κ3) is 5.61. The van der Waals surface area contributed by atoms with Crippen LogP contribution in [0.1, 0.15) is 37.8 Å². The van der Waals surface area contributed by atoms with Crippen LogP contribution in [0.4, 0.5) is 0 Å². The topological polar surface area (TPSA) is 113 Å². The second-order valence-corrected chi connectivity index (χ2v) is 6.62. The number of nitrogens with one attached hydrogen (secondary N) is 3. The Morgan fingerprint density at radius 1 is 0.857 bits per heavy atom. The van der Waals surface area contributed by atoms with Gasteiger partial charge in [0.2, 0.25) is 5.96 Å². The van der Waals surface area contributed by atoms with E-state index in [1.807, 2.05) is 13.8 Å². The van der Waals surface area contributed by atoms with E-state index in [0.29, 0.717) is 45.4 Å². The zero-order valence-corrected chi connectivity index (χ0v) is 16.9. The first-order valence-electron chi connectivity index (χ1n) is 8.57. The average molecular weight is 422 g/mol. The fourth-order valence-electron chi connectivity index (χ4n) is 2.43. The van der Waals surface area contributed by atoms with Crippen LogP contribution in [0, 0.1) is 5.41 Å². The van der Waals surface area contributed by atoms with Gasteiger partial charge in [0.05, 0.1) is 11.4 Å². The first kappa shape index (κ1) is 21.5. The van der Waals surface area contributed by atoms with E-state index in [-0.39, 0.29) is 17.5 Å². The molecule has 0 unspecified atom stereocenters. The molecule has 2 aromatic carbocycles. The Morgan fingerprint density at radius 3 is 1.57 bits per heavy atom. The number of hydrazone groups is 2. The van der Waals surface area contributed by atoms with Crippen molar-refractivity contribution in [2.75, 3.05) is 0 Å². The number of phenolic OH excluding ortho intramolecular Hbond substituents is 2. The van der Waals surface area contributed by atoms with Crippen LogP contribution < -0.4 is 10.9 Å². The Labute approximate surface area is 173 Å². The summed E-state index contributed by atoms with van der Waals surface area (Å²) in [5.41, 5.74) is 7.26. The maximum absolute atomic E-state index is 10.0. The average Bonchev–Trinajstić information content (AvgIpc) is 2.65. The third-order valence-electron chi connectivity index (χ3n) is 3.82. The van der Waals surface area contributed by atoms with Crippen LogP contribution in [0.25, 0.3) is 0 Å². The molecule has 148 valence electrons. The van der Waals surface area contributed by atoms with Gasteiger partial charge in [0.15, 0.2) is 0 Å². The highest BCUT2D eigenvalue weighted by molar-refractivity contribution is 6.31. The Morgan fingerprint density at radius 2 is 1.25 bits per heavy atom. The van der Waals surface area contributed by atoms with Gasteiger partial charge in [0, 0.05) is 21.2 Å². The quantitative estimate of drug-likeness (QED) is 0.269. The van der Waals surface area contributed by atoms with Gasteiger partial charge in [-0.1, -0.05) is 37.0 Å². The number of guanidine groups is 1. The Balaban J connectivity index is 2.11. The summed E-state index contributed by atoms with van der Waals surface area (Å²) < 4.78 is 0.